The molecule has 0 aliphatic carbocycles. The molecule has 0 radical (unpaired) electrons. The zero-order chi connectivity index (χ0) is 19.8. The van der Waals surface area contributed by atoms with Crippen LogP contribution in [0.3, 0.4) is 0 Å². The van der Waals surface area contributed by atoms with Crippen LogP contribution in [0.25, 0.3) is 0 Å². The molecule has 2 aliphatic heterocycles. The molecule has 8 heteroatoms. The highest BCUT2D eigenvalue weighted by atomic mass is 16.5. The van der Waals surface area contributed by atoms with E-state index in [0.29, 0.717) is 44.2 Å². The average Bonchev–Trinajstić information content (AvgIpc) is 3.30. The predicted octanol–water partition coefficient (Wildman–Crippen LogP) is 1.46. The number of methoxy groups -OCH3 is 1. The van der Waals surface area contributed by atoms with Crippen LogP contribution in [0.15, 0.2) is 24.3 Å². The summed E-state index contributed by atoms with van der Waals surface area (Å²) in [4.78, 5) is 16.9. The maximum Gasteiger partial charge on any atom is 0.254 e. The minimum absolute atomic E-state index is 0.0152. The lowest BCUT2D eigenvalue weighted by Crippen LogP contribution is -2.39. The van der Waals surface area contributed by atoms with Gasteiger partial charge in [0.2, 0.25) is 0 Å². The smallest absolute Gasteiger partial charge is 0.254 e. The minimum atomic E-state index is -0.336. The average molecular weight is 385 g/mol. The first-order valence-corrected chi connectivity index (χ1v) is 9.77. The molecular weight excluding hydrogens is 358 g/mol. The Kier molecular flexibility index (Phi) is 5.07. The van der Waals surface area contributed by atoms with Crippen LogP contribution in [-0.4, -0.2) is 67.9 Å². The molecule has 2 aliphatic rings. The molecule has 1 saturated heterocycles. The van der Waals surface area contributed by atoms with Crippen molar-refractivity contribution in [1.82, 2.24) is 24.6 Å². The fraction of sp³-hybridized carbons (Fsp3) is 0.550. The Labute approximate surface area is 164 Å². The summed E-state index contributed by atoms with van der Waals surface area (Å²) < 4.78 is 7.28. The molecule has 0 spiro atoms. The Balaban J connectivity index is 1.52. The molecule has 1 fully saturated rings. The van der Waals surface area contributed by atoms with Crippen molar-refractivity contribution >= 4 is 5.91 Å². The molecule has 8 nitrogen and oxygen atoms in total. The zero-order valence-corrected chi connectivity index (χ0v) is 16.6. The van der Waals surface area contributed by atoms with E-state index < -0.39 is 0 Å². The number of aromatic nitrogens is 3. The van der Waals surface area contributed by atoms with E-state index in [4.69, 9.17) is 4.74 Å². The Bertz CT molecular complexity index is 848. The number of rotatable bonds is 4. The van der Waals surface area contributed by atoms with Crippen LogP contribution >= 0.6 is 0 Å². The first kappa shape index (κ1) is 18.9. The van der Waals surface area contributed by atoms with Gasteiger partial charge in [-0.1, -0.05) is 0 Å². The first-order chi connectivity index (χ1) is 13.5. The van der Waals surface area contributed by atoms with Gasteiger partial charge in [0, 0.05) is 31.2 Å². The van der Waals surface area contributed by atoms with E-state index in [1.807, 2.05) is 0 Å². The van der Waals surface area contributed by atoms with Crippen LogP contribution in [0.4, 0.5) is 0 Å². The molecular formula is C20H27N5O3. The SMILES string of the molecule is COc1ccc(C(=O)N2CCn3c(nnc3[C@@H]3C[C@H](O)CN3C(C)C)C2)cc1. The van der Waals surface area contributed by atoms with Gasteiger partial charge in [0.1, 0.15) is 5.75 Å². The number of fused-ring (bicyclic) bond motifs is 1. The second-order valence-electron chi connectivity index (χ2n) is 7.78. The van der Waals surface area contributed by atoms with Gasteiger partial charge in [-0.05, 0) is 44.5 Å². The summed E-state index contributed by atoms with van der Waals surface area (Å²) in [5.41, 5.74) is 0.638. The van der Waals surface area contributed by atoms with Gasteiger partial charge in [0.25, 0.3) is 5.91 Å². The third-order valence-corrected chi connectivity index (χ3v) is 5.68. The number of hydrogen-bond donors (Lipinski definition) is 1. The van der Waals surface area contributed by atoms with Crippen LogP contribution < -0.4 is 4.74 Å². The molecule has 2 aromatic rings. The number of carbonyl (C=O) groups is 1. The number of amides is 1. The van der Waals surface area contributed by atoms with E-state index in [9.17, 15) is 9.90 Å². The molecule has 0 bridgehead atoms. The number of hydrogen-bond acceptors (Lipinski definition) is 6. The van der Waals surface area contributed by atoms with E-state index in [0.717, 1.165) is 17.4 Å². The van der Waals surface area contributed by atoms with Crippen molar-refractivity contribution in [3.63, 3.8) is 0 Å². The number of carbonyl (C=O) groups excluding carboxylic acids is 1. The van der Waals surface area contributed by atoms with E-state index in [1.165, 1.54) is 0 Å². The van der Waals surface area contributed by atoms with Crippen molar-refractivity contribution in [1.29, 1.82) is 0 Å². The molecule has 1 aromatic carbocycles. The Morgan fingerprint density at radius 3 is 2.64 bits per heavy atom. The van der Waals surface area contributed by atoms with E-state index >= 15 is 0 Å². The highest BCUT2D eigenvalue weighted by molar-refractivity contribution is 5.94. The molecule has 1 amide bonds. The molecule has 3 heterocycles. The molecule has 28 heavy (non-hydrogen) atoms. The summed E-state index contributed by atoms with van der Waals surface area (Å²) in [6, 6.07) is 7.55. The number of aliphatic hydroxyl groups excluding tert-OH is 1. The first-order valence-electron chi connectivity index (χ1n) is 9.77. The van der Waals surface area contributed by atoms with Crippen LogP contribution in [-0.2, 0) is 13.1 Å². The minimum Gasteiger partial charge on any atom is -0.497 e. The highest BCUT2D eigenvalue weighted by Crippen LogP contribution is 2.34. The predicted molar refractivity (Wildman–Crippen MR) is 103 cm³/mol. The van der Waals surface area contributed by atoms with Crippen molar-refractivity contribution in [3.05, 3.63) is 41.5 Å². The number of aliphatic hydroxyl groups is 1. The van der Waals surface area contributed by atoms with E-state index in [-0.39, 0.29) is 18.1 Å². The quantitative estimate of drug-likeness (QED) is 0.858. The van der Waals surface area contributed by atoms with Crippen molar-refractivity contribution in [2.75, 3.05) is 20.2 Å². The lowest BCUT2D eigenvalue weighted by atomic mass is 10.1. The second kappa shape index (κ2) is 7.52. The van der Waals surface area contributed by atoms with Crippen LogP contribution in [0.2, 0.25) is 0 Å². The zero-order valence-electron chi connectivity index (χ0n) is 16.6. The van der Waals surface area contributed by atoms with Gasteiger partial charge >= 0.3 is 0 Å². The molecule has 2 atom stereocenters. The van der Waals surface area contributed by atoms with E-state index in [2.05, 4.69) is 33.5 Å². The number of ether oxygens (including phenoxy) is 1. The third-order valence-electron chi connectivity index (χ3n) is 5.68. The molecule has 0 saturated carbocycles. The van der Waals surface area contributed by atoms with Gasteiger partial charge in [0.05, 0.1) is 25.8 Å². The summed E-state index contributed by atoms with van der Waals surface area (Å²) >= 11 is 0. The van der Waals surface area contributed by atoms with Crippen LogP contribution in [0, 0.1) is 0 Å². The third kappa shape index (κ3) is 3.38. The second-order valence-corrected chi connectivity index (χ2v) is 7.78. The van der Waals surface area contributed by atoms with Gasteiger partial charge in [-0.3, -0.25) is 9.69 Å². The van der Waals surface area contributed by atoms with Crippen molar-refractivity contribution in [2.24, 2.45) is 0 Å². The van der Waals surface area contributed by atoms with Crippen molar-refractivity contribution < 1.29 is 14.6 Å². The number of β-amino-alcohol motifs (C(OH)–C–C–N with tert-alkyl or cyclic N) is 1. The molecule has 1 aromatic heterocycles. The van der Waals surface area contributed by atoms with Gasteiger partial charge in [0.15, 0.2) is 11.6 Å². The maximum atomic E-state index is 12.8. The fourth-order valence-electron chi connectivity index (χ4n) is 4.18. The topological polar surface area (TPSA) is 83.7 Å². The molecule has 0 unspecified atom stereocenters. The molecule has 150 valence electrons. The van der Waals surface area contributed by atoms with Crippen molar-refractivity contribution in [2.45, 2.75) is 51.5 Å². The normalized spacial score (nSPS) is 22.5. The highest BCUT2D eigenvalue weighted by Gasteiger charge is 2.38. The van der Waals surface area contributed by atoms with Crippen LogP contribution in [0.1, 0.15) is 48.3 Å². The Hall–Kier alpha value is -2.45. The maximum absolute atomic E-state index is 12.8. The number of likely N-dealkylation sites (tertiary alicyclic amines) is 1. The molecule has 1 N–H and O–H groups in total. The summed E-state index contributed by atoms with van der Waals surface area (Å²) in [5, 5.41) is 18.9. The van der Waals surface area contributed by atoms with E-state index in [1.54, 1.807) is 36.3 Å². The van der Waals surface area contributed by atoms with Gasteiger partial charge < -0.3 is 19.3 Å². The Morgan fingerprint density at radius 2 is 1.96 bits per heavy atom. The number of benzene rings is 1. The fourth-order valence-corrected chi connectivity index (χ4v) is 4.18. The largest absolute Gasteiger partial charge is 0.497 e. The summed E-state index contributed by atoms with van der Waals surface area (Å²) in [7, 11) is 1.61. The standard InChI is InChI=1S/C20H27N5O3/c1-13(2)25-11-15(26)10-17(25)19-22-21-18-12-23(8-9-24(18)19)20(27)14-4-6-16(28-3)7-5-14/h4-7,13,15,17,26H,8-12H2,1-3H3/t15-,17-/m0/s1. The molecule has 4 rings (SSSR count). The van der Waals surface area contributed by atoms with Gasteiger partial charge in [-0.2, -0.15) is 0 Å². The monoisotopic (exact) mass is 385 g/mol. The summed E-state index contributed by atoms with van der Waals surface area (Å²) in [6.07, 6.45) is 0.335. The lowest BCUT2D eigenvalue weighted by Gasteiger charge is -2.31. The summed E-state index contributed by atoms with van der Waals surface area (Å²) in [6.45, 7) is 6.64. The number of nitrogens with zero attached hydrogens (tertiary/aromatic N) is 5. The van der Waals surface area contributed by atoms with Gasteiger partial charge in [-0.25, -0.2) is 0 Å². The van der Waals surface area contributed by atoms with Gasteiger partial charge in [-0.15, -0.1) is 10.2 Å². The Morgan fingerprint density at radius 1 is 1.21 bits per heavy atom. The summed E-state index contributed by atoms with van der Waals surface area (Å²) in [5.74, 6) is 2.41. The van der Waals surface area contributed by atoms with Crippen molar-refractivity contribution in [3.8, 4) is 5.75 Å². The van der Waals surface area contributed by atoms with Crippen LogP contribution in [0.5, 0.6) is 5.75 Å². The lowest BCUT2D eigenvalue weighted by molar-refractivity contribution is 0.0704.